The molecule has 0 aromatic heterocycles. The molecule has 0 bridgehead atoms. The largest absolute Gasteiger partial charge is 0.477 e. The number of guanidine groups is 1. The number of aliphatic hydroxyl groups excluding tert-OH is 1. The molecule has 1 aromatic rings. The van der Waals surface area contributed by atoms with Crippen molar-refractivity contribution in [3.05, 3.63) is 47.2 Å². The quantitative estimate of drug-likeness (QED) is 0.0127. The average Bonchev–Trinajstić information content (AvgIpc) is 3.92. The minimum absolute atomic E-state index is 0.0436. The van der Waals surface area contributed by atoms with Crippen LogP contribution in [0.5, 0.6) is 0 Å². The number of aliphatic hydroxyl groups is 1. The summed E-state index contributed by atoms with van der Waals surface area (Å²) in [5.41, 5.74) is 46.2. The monoisotopic (exact) mass is 1100 g/mol. The number of carboxylic acid groups (broad SMARTS) is 1. The third-order valence-electron chi connectivity index (χ3n) is 12.7. The Hall–Kier alpha value is -6.82. The zero-order chi connectivity index (χ0) is 58.2. The fourth-order valence-corrected chi connectivity index (χ4v) is 8.41. The van der Waals surface area contributed by atoms with Crippen LogP contribution in [0.3, 0.4) is 0 Å². The number of aliphatic imine (C=N–C) groups is 1. The summed E-state index contributed by atoms with van der Waals surface area (Å²) in [7, 11) is 0. The van der Waals surface area contributed by atoms with Crippen LogP contribution in [-0.2, 0) is 49.6 Å². The Balaban J connectivity index is 2.33. The first-order valence-corrected chi connectivity index (χ1v) is 26.6. The molecule has 2 rings (SSSR count). The predicted molar refractivity (Wildman–Crippen MR) is 291 cm³/mol. The van der Waals surface area contributed by atoms with E-state index in [1.54, 1.807) is 12.1 Å². The number of benzene rings is 1. The molecule has 78 heavy (non-hydrogen) atoms. The van der Waals surface area contributed by atoms with Crippen LogP contribution in [-0.4, -0.2) is 175 Å². The third-order valence-corrected chi connectivity index (χ3v) is 12.7. The number of aliphatic carboxylic acids is 1. The van der Waals surface area contributed by atoms with Gasteiger partial charge in [0.05, 0.1) is 18.7 Å². The number of aryl methyl sites for hydroxylation is 1. The Kier molecular flexibility index (Phi) is 32.0. The Morgan fingerprint density at radius 1 is 0.718 bits per heavy atom. The molecule has 0 unspecified atom stereocenters. The van der Waals surface area contributed by atoms with Gasteiger partial charge in [0.25, 0.3) is 0 Å². The summed E-state index contributed by atoms with van der Waals surface area (Å²) in [5.74, 6) is -7.84. The summed E-state index contributed by atoms with van der Waals surface area (Å²) in [6.07, 6.45) is 3.81. The molecular weight excluding hydrogens is 1010 g/mol. The first kappa shape index (κ1) is 67.3. The van der Waals surface area contributed by atoms with E-state index in [9.17, 15) is 53.4 Å². The molecule has 25 N–H and O–H groups in total. The van der Waals surface area contributed by atoms with E-state index < -0.39 is 120 Å². The highest BCUT2D eigenvalue weighted by molar-refractivity contribution is 5.99. The zero-order valence-electron chi connectivity index (χ0n) is 44.9. The van der Waals surface area contributed by atoms with Crippen LogP contribution in [0.2, 0.25) is 0 Å². The molecule has 28 heteroatoms. The Bertz CT molecular complexity index is 2180. The number of rotatable bonds is 38. The fourth-order valence-electron chi connectivity index (χ4n) is 8.41. The molecular formula is C50H87N17O11. The number of hydrogen-bond donors (Lipinski definition) is 17. The van der Waals surface area contributed by atoms with Gasteiger partial charge in [-0.2, -0.15) is 0 Å². The molecule has 1 aliphatic rings. The summed E-state index contributed by atoms with van der Waals surface area (Å²) in [6.45, 7) is 2.01. The first-order valence-electron chi connectivity index (χ1n) is 26.6. The van der Waals surface area contributed by atoms with Crippen LogP contribution >= 0.6 is 0 Å². The van der Waals surface area contributed by atoms with Crippen molar-refractivity contribution in [2.45, 2.75) is 152 Å². The van der Waals surface area contributed by atoms with Gasteiger partial charge in [0, 0.05) is 26.1 Å². The second kappa shape index (κ2) is 37.1. The molecule has 1 saturated heterocycles. The molecule has 1 aromatic carbocycles. The fraction of sp³-hybridized carbons (Fsp3) is 0.640. The lowest BCUT2D eigenvalue weighted by molar-refractivity contribution is -0.142. The summed E-state index contributed by atoms with van der Waals surface area (Å²) >= 11 is 0. The third kappa shape index (κ3) is 24.7. The van der Waals surface area contributed by atoms with Crippen LogP contribution in [0.4, 0.5) is 0 Å². The molecule has 438 valence electrons. The first-order chi connectivity index (χ1) is 37.2. The van der Waals surface area contributed by atoms with Crippen molar-refractivity contribution >= 4 is 59.2 Å². The van der Waals surface area contributed by atoms with Gasteiger partial charge in [-0.05, 0) is 122 Å². The molecule has 28 nitrogen and oxygen atoms in total. The lowest BCUT2D eigenvalue weighted by Gasteiger charge is -2.30. The normalized spacial score (nSPS) is 16.0. The van der Waals surface area contributed by atoms with Crippen molar-refractivity contribution in [1.82, 2.24) is 42.1 Å². The molecule has 1 heterocycles. The van der Waals surface area contributed by atoms with E-state index in [1.807, 2.05) is 19.1 Å². The average molecular weight is 1100 g/mol. The van der Waals surface area contributed by atoms with Gasteiger partial charge in [0.2, 0.25) is 47.3 Å². The smallest absolute Gasteiger partial charge is 0.352 e. The predicted octanol–water partition coefficient (Wildman–Crippen LogP) is -5.41. The van der Waals surface area contributed by atoms with Crippen LogP contribution in [0.1, 0.15) is 101 Å². The van der Waals surface area contributed by atoms with Crippen molar-refractivity contribution < 1.29 is 53.4 Å². The van der Waals surface area contributed by atoms with Gasteiger partial charge in [-0.25, -0.2) is 4.79 Å². The Labute approximate surface area is 455 Å². The molecule has 8 amide bonds. The maximum atomic E-state index is 14.4. The lowest BCUT2D eigenvalue weighted by Crippen LogP contribution is -2.61. The van der Waals surface area contributed by atoms with Crippen LogP contribution in [0, 0.1) is 6.92 Å². The molecule has 1 aliphatic heterocycles. The maximum Gasteiger partial charge on any atom is 0.352 e. The standard InChI is InChI=1S/C50H87N17O11/c1-30-12-8-13-31(26-30)27-37(45(73)62-34(16-4-7-22-53)44(72)64-36(49(77)78)18-10-24-59-50(57)58)65-46(74)38-19-11-25-67(38)48(76)35(17-9-23-54)61-40(69)29-60-43(71)33(15-3-6-21-52)63-47(75)41(39(68)28-55)66-42(70)32(56)14-2-5-20-51/h8,12-13,18,26,32-35,37-39,41,68H,2-7,9-11,14-17,19-25,27-29,51-56H2,1H3,(H,60,71)(H,61,69)(H,62,73)(H,63,75)(H,64,72)(H,65,74)(H,66,70)(H,77,78)(H4,57,58,59)/b36-18-/t32-,33-,34-,35+,37-,38-,39-,41-/m0/s1. The van der Waals surface area contributed by atoms with Crippen molar-refractivity contribution in [2.75, 3.05) is 52.4 Å². The minimum atomic E-state index is -1.58. The van der Waals surface area contributed by atoms with E-state index in [0.717, 1.165) is 5.56 Å². The van der Waals surface area contributed by atoms with Gasteiger partial charge in [0.1, 0.15) is 41.9 Å². The van der Waals surface area contributed by atoms with Crippen molar-refractivity contribution in [3.8, 4) is 0 Å². The highest BCUT2D eigenvalue weighted by atomic mass is 16.4. The second-order valence-corrected chi connectivity index (χ2v) is 19.1. The van der Waals surface area contributed by atoms with Crippen molar-refractivity contribution in [1.29, 1.82) is 0 Å². The SMILES string of the molecule is Cc1cccc(C[C@H](NC(=O)[C@@H]2CCCN2C(=O)[C@@H](CCCN)NC(=O)CNC(=O)[C@H](CCCCN)NC(=O)[C@@H](NC(=O)[C@@H](N)CCCCN)[C@@H](O)CN)C(=O)N[C@@H](CCCCN)C(=O)N/C(=C\CCN=C(N)N)C(=O)O)c1. The minimum Gasteiger partial charge on any atom is -0.477 e. The highest BCUT2D eigenvalue weighted by Crippen LogP contribution is 2.21. The molecule has 0 spiro atoms. The van der Waals surface area contributed by atoms with E-state index in [-0.39, 0.29) is 90.0 Å². The van der Waals surface area contributed by atoms with E-state index in [1.165, 1.54) is 11.0 Å². The zero-order valence-corrected chi connectivity index (χ0v) is 44.9. The van der Waals surface area contributed by atoms with E-state index in [0.29, 0.717) is 57.1 Å². The van der Waals surface area contributed by atoms with E-state index in [4.69, 9.17) is 45.9 Å². The Morgan fingerprint density at radius 2 is 1.32 bits per heavy atom. The maximum absolute atomic E-state index is 14.4. The van der Waals surface area contributed by atoms with Gasteiger partial charge < -0.3 is 98.2 Å². The molecule has 8 atom stereocenters. The number of nitrogens with one attached hydrogen (secondary N) is 7. The van der Waals surface area contributed by atoms with Crippen molar-refractivity contribution in [2.24, 2.45) is 50.9 Å². The van der Waals surface area contributed by atoms with Gasteiger partial charge in [-0.15, -0.1) is 0 Å². The highest BCUT2D eigenvalue weighted by Gasteiger charge is 2.40. The Morgan fingerprint density at radius 3 is 1.91 bits per heavy atom. The van der Waals surface area contributed by atoms with E-state index >= 15 is 0 Å². The number of carbonyl (C=O) groups excluding carboxylic acids is 8. The molecule has 0 aliphatic carbocycles. The number of unbranched alkanes of at least 4 members (excludes halogenated alkanes) is 3. The van der Waals surface area contributed by atoms with Crippen molar-refractivity contribution in [3.63, 3.8) is 0 Å². The van der Waals surface area contributed by atoms with Gasteiger partial charge in [-0.3, -0.25) is 43.3 Å². The van der Waals surface area contributed by atoms with Crippen LogP contribution < -0.4 is 83.1 Å². The van der Waals surface area contributed by atoms with Crippen LogP contribution in [0.15, 0.2) is 41.0 Å². The lowest BCUT2D eigenvalue weighted by atomic mass is 10.0. The molecule has 1 fully saturated rings. The van der Waals surface area contributed by atoms with Gasteiger partial charge in [-0.1, -0.05) is 42.3 Å². The summed E-state index contributed by atoms with van der Waals surface area (Å²) < 4.78 is 0. The van der Waals surface area contributed by atoms with E-state index in [2.05, 4.69) is 42.2 Å². The number of nitrogens with zero attached hydrogens (tertiary/aromatic N) is 2. The summed E-state index contributed by atoms with van der Waals surface area (Å²) in [6, 6.07) is -1.58. The van der Waals surface area contributed by atoms with Gasteiger partial charge in [0.15, 0.2) is 5.96 Å². The number of nitrogens with two attached hydrogens (primary N) is 8. The second-order valence-electron chi connectivity index (χ2n) is 19.1. The molecule has 0 saturated carbocycles. The number of likely N-dealkylation sites (tertiary alicyclic amines) is 1. The number of hydrogen-bond acceptors (Lipinski definition) is 17. The summed E-state index contributed by atoms with van der Waals surface area (Å²) in [5, 5.41) is 38.4. The number of amides is 8. The number of carboxylic acids is 1. The van der Waals surface area contributed by atoms with Gasteiger partial charge >= 0.3 is 5.97 Å². The topological polar surface area (TPSA) is 502 Å². The molecule has 0 radical (unpaired) electrons. The number of carbonyl (C=O) groups is 9. The van der Waals surface area contributed by atoms with Crippen LogP contribution in [0.25, 0.3) is 0 Å². The summed E-state index contributed by atoms with van der Waals surface area (Å²) in [4.78, 5) is 127.